The molecule has 0 aliphatic rings. The van der Waals surface area contributed by atoms with Crippen molar-refractivity contribution in [2.45, 2.75) is 31.7 Å². The first-order valence-corrected chi connectivity index (χ1v) is 7.30. The van der Waals surface area contributed by atoms with Crippen molar-refractivity contribution in [2.24, 2.45) is 11.7 Å². The van der Waals surface area contributed by atoms with E-state index < -0.39 is 29.4 Å². The monoisotopic (exact) mass is 323 g/mol. The number of carboxylic acids is 2. The Morgan fingerprint density at radius 1 is 1.22 bits per heavy atom. The summed E-state index contributed by atoms with van der Waals surface area (Å²) in [5.74, 6) is -6.06. The fourth-order valence-electron chi connectivity index (χ4n) is 2.10. The van der Waals surface area contributed by atoms with Crippen LogP contribution in [0.5, 0.6) is 0 Å². The van der Waals surface area contributed by atoms with Crippen LogP contribution in [0.3, 0.4) is 0 Å². The van der Waals surface area contributed by atoms with Gasteiger partial charge in [-0.3, -0.25) is 4.79 Å². The van der Waals surface area contributed by atoms with E-state index in [1.807, 2.05) is 6.92 Å². The van der Waals surface area contributed by atoms with Gasteiger partial charge in [-0.2, -0.15) is 0 Å². The maximum atomic E-state index is 12.1. The zero-order chi connectivity index (χ0) is 17.5. The topological polar surface area (TPSA) is 127 Å². The van der Waals surface area contributed by atoms with Gasteiger partial charge in [-0.25, -0.2) is 9.59 Å². The Balaban J connectivity index is 3.08. The smallest absolute Gasteiger partial charge is 0.338 e. The number of ether oxygens (including phenoxy) is 1. The summed E-state index contributed by atoms with van der Waals surface area (Å²) in [5, 5.41) is 18.8. The van der Waals surface area contributed by atoms with Gasteiger partial charge in [0.05, 0.1) is 6.61 Å². The molecule has 7 heteroatoms. The van der Waals surface area contributed by atoms with Gasteiger partial charge in [-0.05, 0) is 18.4 Å². The van der Waals surface area contributed by atoms with E-state index >= 15 is 0 Å². The van der Waals surface area contributed by atoms with Crippen molar-refractivity contribution in [3.05, 3.63) is 35.9 Å². The normalized spacial score (nSPS) is 14.5. The first-order valence-electron chi connectivity index (χ1n) is 7.30. The minimum atomic E-state index is -2.64. The molecule has 126 valence electrons. The summed E-state index contributed by atoms with van der Waals surface area (Å²) in [4.78, 5) is 35.2. The van der Waals surface area contributed by atoms with Crippen LogP contribution in [-0.4, -0.2) is 40.3 Å². The van der Waals surface area contributed by atoms with Gasteiger partial charge in [0.1, 0.15) is 5.92 Å². The molecule has 0 heterocycles. The van der Waals surface area contributed by atoms with Gasteiger partial charge in [0, 0.05) is 0 Å². The largest absolute Gasteiger partial charge is 0.481 e. The van der Waals surface area contributed by atoms with E-state index in [4.69, 9.17) is 10.5 Å². The number of unbranched alkanes of at least 4 members (excludes halogenated alkanes) is 1. The predicted octanol–water partition coefficient (Wildman–Crippen LogP) is 1.06. The summed E-state index contributed by atoms with van der Waals surface area (Å²) < 4.78 is 4.87. The number of rotatable bonds is 9. The molecule has 0 saturated heterocycles. The number of esters is 1. The number of benzene rings is 1. The lowest BCUT2D eigenvalue weighted by atomic mass is 9.80. The third-order valence-corrected chi connectivity index (χ3v) is 3.55. The average Bonchev–Trinajstić information content (AvgIpc) is 2.52. The molecule has 23 heavy (non-hydrogen) atoms. The van der Waals surface area contributed by atoms with Crippen LogP contribution >= 0.6 is 0 Å². The molecule has 7 nitrogen and oxygen atoms in total. The second kappa shape index (κ2) is 8.28. The van der Waals surface area contributed by atoms with Crippen LogP contribution in [0.1, 0.15) is 25.3 Å². The van der Waals surface area contributed by atoms with Crippen LogP contribution in [0.4, 0.5) is 0 Å². The van der Waals surface area contributed by atoms with E-state index in [9.17, 15) is 24.6 Å². The Hall–Kier alpha value is -2.41. The van der Waals surface area contributed by atoms with Crippen molar-refractivity contribution < 1.29 is 29.3 Å². The quantitative estimate of drug-likeness (QED) is 0.352. The molecule has 1 aromatic carbocycles. The van der Waals surface area contributed by atoms with E-state index in [-0.39, 0.29) is 13.0 Å². The van der Waals surface area contributed by atoms with Gasteiger partial charge in [0.15, 0.2) is 0 Å². The second-order valence-corrected chi connectivity index (χ2v) is 5.24. The van der Waals surface area contributed by atoms with Crippen LogP contribution < -0.4 is 5.73 Å². The van der Waals surface area contributed by atoms with Crippen LogP contribution in [0.25, 0.3) is 0 Å². The number of nitrogens with two attached hydrogens (primary N) is 1. The van der Waals surface area contributed by atoms with Crippen LogP contribution in [-0.2, 0) is 25.5 Å². The molecule has 0 aromatic heterocycles. The standard InChI is InChI=1S/C16H21NO6/c1-2-3-9-23-15(22)16(17,14(20)21)12(13(18)19)10-11-7-5-4-6-8-11/h4-8,12H,2-3,9-10,17H2,1H3,(H,18,19)(H,20,21). The molecule has 2 unspecified atom stereocenters. The van der Waals surface area contributed by atoms with E-state index in [1.165, 1.54) is 0 Å². The number of hydrogen-bond acceptors (Lipinski definition) is 5. The molecule has 1 rings (SSSR count). The zero-order valence-electron chi connectivity index (χ0n) is 12.9. The average molecular weight is 323 g/mol. The molecule has 0 amide bonds. The first-order chi connectivity index (χ1) is 10.8. The van der Waals surface area contributed by atoms with Crippen LogP contribution in [0.2, 0.25) is 0 Å². The molecule has 0 aliphatic carbocycles. The number of hydrogen-bond donors (Lipinski definition) is 3. The van der Waals surface area contributed by atoms with Crippen molar-refractivity contribution in [2.75, 3.05) is 6.61 Å². The molecule has 1 aromatic rings. The molecule has 0 saturated carbocycles. The minimum Gasteiger partial charge on any atom is -0.481 e. The first kappa shape index (κ1) is 18.6. The van der Waals surface area contributed by atoms with E-state index in [0.717, 1.165) is 6.42 Å². The van der Waals surface area contributed by atoms with Gasteiger partial charge >= 0.3 is 17.9 Å². The Labute approximate surface area is 134 Å². The van der Waals surface area contributed by atoms with Gasteiger partial charge < -0.3 is 20.7 Å². The van der Waals surface area contributed by atoms with E-state index in [1.54, 1.807) is 30.3 Å². The molecular formula is C16H21NO6. The molecule has 0 bridgehead atoms. The highest BCUT2D eigenvalue weighted by atomic mass is 16.5. The van der Waals surface area contributed by atoms with E-state index in [0.29, 0.717) is 12.0 Å². The Morgan fingerprint density at radius 2 is 1.83 bits per heavy atom. The maximum Gasteiger partial charge on any atom is 0.338 e. The molecule has 0 radical (unpaired) electrons. The van der Waals surface area contributed by atoms with Gasteiger partial charge in [-0.1, -0.05) is 43.7 Å². The molecule has 0 fully saturated rings. The maximum absolute atomic E-state index is 12.1. The highest BCUT2D eigenvalue weighted by molar-refractivity contribution is 6.07. The molecule has 2 atom stereocenters. The predicted molar refractivity (Wildman–Crippen MR) is 81.7 cm³/mol. The van der Waals surface area contributed by atoms with Crippen molar-refractivity contribution >= 4 is 17.9 Å². The summed E-state index contributed by atoms with van der Waals surface area (Å²) >= 11 is 0. The molecule has 4 N–H and O–H groups in total. The minimum absolute atomic E-state index is 0.000755. The van der Waals surface area contributed by atoms with Crippen molar-refractivity contribution in [3.63, 3.8) is 0 Å². The third-order valence-electron chi connectivity index (χ3n) is 3.55. The number of carboxylic acid groups (broad SMARTS) is 2. The Morgan fingerprint density at radius 3 is 2.30 bits per heavy atom. The zero-order valence-corrected chi connectivity index (χ0v) is 12.9. The lowest BCUT2D eigenvalue weighted by Crippen LogP contribution is -2.63. The summed E-state index contributed by atoms with van der Waals surface area (Å²) in [5.41, 5.74) is 3.63. The Bertz CT molecular complexity index is 559. The Kier molecular flexibility index (Phi) is 6.71. The molecule has 0 aliphatic heterocycles. The van der Waals surface area contributed by atoms with Crippen LogP contribution in [0, 0.1) is 5.92 Å². The molecular weight excluding hydrogens is 302 g/mol. The van der Waals surface area contributed by atoms with Crippen molar-refractivity contribution in [1.82, 2.24) is 0 Å². The number of aliphatic carboxylic acids is 2. The van der Waals surface area contributed by atoms with E-state index in [2.05, 4.69) is 0 Å². The number of carbonyl (C=O) groups is 3. The fourth-order valence-corrected chi connectivity index (χ4v) is 2.10. The van der Waals surface area contributed by atoms with Crippen molar-refractivity contribution in [3.8, 4) is 0 Å². The third kappa shape index (κ3) is 4.53. The number of carbonyl (C=O) groups excluding carboxylic acids is 1. The SMILES string of the molecule is CCCCOC(=O)C(N)(C(=O)O)C(Cc1ccccc1)C(=O)O. The highest BCUT2D eigenvalue weighted by Crippen LogP contribution is 2.23. The van der Waals surface area contributed by atoms with Gasteiger partial charge in [0.2, 0.25) is 5.54 Å². The van der Waals surface area contributed by atoms with Gasteiger partial charge in [0.25, 0.3) is 0 Å². The molecule has 0 spiro atoms. The second-order valence-electron chi connectivity index (χ2n) is 5.24. The lowest BCUT2D eigenvalue weighted by molar-refractivity contribution is -0.170. The summed E-state index contributed by atoms with van der Waals surface area (Å²) in [6.07, 6.45) is 1.09. The van der Waals surface area contributed by atoms with Crippen molar-refractivity contribution in [1.29, 1.82) is 0 Å². The summed E-state index contributed by atoms with van der Waals surface area (Å²) in [6.45, 7) is 1.87. The highest BCUT2D eigenvalue weighted by Gasteiger charge is 2.54. The van der Waals surface area contributed by atoms with Crippen LogP contribution in [0.15, 0.2) is 30.3 Å². The summed E-state index contributed by atoms with van der Waals surface area (Å²) in [7, 11) is 0. The van der Waals surface area contributed by atoms with Gasteiger partial charge in [-0.15, -0.1) is 0 Å². The lowest BCUT2D eigenvalue weighted by Gasteiger charge is -2.28. The summed E-state index contributed by atoms with van der Waals surface area (Å²) in [6, 6.07) is 8.39. The fraction of sp³-hybridized carbons (Fsp3) is 0.438.